The predicted octanol–water partition coefficient (Wildman–Crippen LogP) is -1.37. The molecule has 1 aliphatic heterocycles. The zero-order valence-corrected chi connectivity index (χ0v) is 7.89. The summed E-state index contributed by atoms with van der Waals surface area (Å²) in [7, 11) is 0. The first-order valence-electron chi connectivity index (χ1n) is 4.63. The Bertz CT molecular complexity index is 321. The first-order valence-corrected chi connectivity index (χ1v) is 4.63. The second-order valence-corrected chi connectivity index (χ2v) is 3.41. The monoisotopic (exact) mass is 212 g/mol. The van der Waals surface area contributed by atoms with Gasteiger partial charge >= 0.3 is 0 Å². The summed E-state index contributed by atoms with van der Waals surface area (Å²) in [6.45, 7) is -0.0405. The highest BCUT2D eigenvalue weighted by atomic mass is 16.5. The highest BCUT2D eigenvalue weighted by Crippen LogP contribution is 2.26. The minimum Gasteiger partial charge on any atom is -0.388 e. The van der Waals surface area contributed by atoms with Gasteiger partial charge in [0.15, 0.2) is 5.82 Å². The van der Waals surface area contributed by atoms with Gasteiger partial charge in [0, 0.05) is 12.4 Å². The zero-order valence-electron chi connectivity index (χ0n) is 7.89. The average molecular weight is 212 g/mol. The smallest absolute Gasteiger partial charge is 0.159 e. The van der Waals surface area contributed by atoms with Gasteiger partial charge in [-0.25, -0.2) is 9.97 Å². The molecule has 0 saturated carbocycles. The normalized spacial score (nSPS) is 36.5. The lowest BCUT2D eigenvalue weighted by molar-refractivity contribution is -0.191. The van der Waals surface area contributed by atoms with E-state index in [-0.39, 0.29) is 6.61 Å². The van der Waals surface area contributed by atoms with Crippen molar-refractivity contribution in [1.82, 2.24) is 9.97 Å². The van der Waals surface area contributed by atoms with Gasteiger partial charge in [0.05, 0.1) is 6.61 Å². The van der Waals surface area contributed by atoms with Gasteiger partial charge < -0.3 is 20.1 Å². The van der Waals surface area contributed by atoms with E-state index < -0.39 is 24.4 Å². The fraction of sp³-hybridized carbons (Fsp3) is 0.556. The second kappa shape index (κ2) is 4.19. The minimum atomic E-state index is -1.23. The van der Waals surface area contributed by atoms with E-state index in [9.17, 15) is 15.3 Å². The van der Waals surface area contributed by atoms with Crippen molar-refractivity contribution in [2.45, 2.75) is 24.4 Å². The summed E-state index contributed by atoms with van der Waals surface area (Å²) in [5.41, 5.74) is 0. The number of rotatable bonds is 1. The van der Waals surface area contributed by atoms with Crippen LogP contribution in [0.3, 0.4) is 0 Å². The van der Waals surface area contributed by atoms with E-state index in [0.29, 0.717) is 5.82 Å². The van der Waals surface area contributed by atoms with Gasteiger partial charge in [-0.3, -0.25) is 0 Å². The van der Waals surface area contributed by atoms with E-state index in [1.807, 2.05) is 0 Å². The van der Waals surface area contributed by atoms with Crippen molar-refractivity contribution in [3.8, 4) is 0 Å². The van der Waals surface area contributed by atoms with Gasteiger partial charge in [-0.05, 0) is 6.07 Å². The Morgan fingerprint density at radius 1 is 1.13 bits per heavy atom. The van der Waals surface area contributed by atoms with Crippen LogP contribution in [0.2, 0.25) is 0 Å². The van der Waals surface area contributed by atoms with Gasteiger partial charge in [0.25, 0.3) is 0 Å². The number of hydrogen-bond donors (Lipinski definition) is 3. The molecular weight excluding hydrogens is 200 g/mol. The van der Waals surface area contributed by atoms with Crippen molar-refractivity contribution in [2.75, 3.05) is 6.61 Å². The first-order chi connectivity index (χ1) is 7.20. The first kappa shape index (κ1) is 10.4. The van der Waals surface area contributed by atoms with E-state index in [0.717, 1.165) is 0 Å². The maximum absolute atomic E-state index is 9.65. The number of aliphatic hydroxyl groups excluding tert-OH is 3. The van der Waals surface area contributed by atoms with Crippen molar-refractivity contribution in [3.05, 3.63) is 24.3 Å². The average Bonchev–Trinajstić information content (AvgIpc) is 2.27. The van der Waals surface area contributed by atoms with Crippen LogP contribution in [0.1, 0.15) is 11.9 Å². The summed E-state index contributed by atoms with van der Waals surface area (Å²) in [5.74, 6) is 0.302. The summed E-state index contributed by atoms with van der Waals surface area (Å²) in [6.07, 6.45) is -1.25. The Labute approximate surface area is 86.2 Å². The third-order valence-electron chi connectivity index (χ3n) is 2.34. The minimum absolute atomic E-state index is 0.0405. The van der Waals surface area contributed by atoms with Crippen LogP contribution in [-0.4, -0.2) is 50.2 Å². The van der Waals surface area contributed by atoms with Gasteiger partial charge in [0.1, 0.15) is 24.4 Å². The van der Waals surface area contributed by atoms with Crippen molar-refractivity contribution in [2.24, 2.45) is 0 Å². The number of aliphatic hydroxyl groups is 3. The Balaban J connectivity index is 2.17. The molecule has 4 atom stereocenters. The second-order valence-electron chi connectivity index (χ2n) is 3.41. The van der Waals surface area contributed by atoms with Crippen molar-refractivity contribution < 1.29 is 20.1 Å². The molecule has 6 nitrogen and oxygen atoms in total. The van der Waals surface area contributed by atoms with Crippen molar-refractivity contribution >= 4 is 0 Å². The maximum atomic E-state index is 9.65. The molecule has 1 aromatic rings. The van der Waals surface area contributed by atoms with E-state index >= 15 is 0 Å². The van der Waals surface area contributed by atoms with Crippen molar-refractivity contribution in [3.63, 3.8) is 0 Å². The molecule has 0 aromatic carbocycles. The molecule has 6 heteroatoms. The summed E-state index contributed by atoms with van der Waals surface area (Å²) >= 11 is 0. The molecule has 3 N–H and O–H groups in total. The fourth-order valence-corrected chi connectivity index (χ4v) is 1.49. The fourth-order valence-electron chi connectivity index (χ4n) is 1.49. The zero-order chi connectivity index (χ0) is 10.8. The molecule has 82 valence electrons. The van der Waals surface area contributed by atoms with Gasteiger partial charge in [0.2, 0.25) is 0 Å². The maximum Gasteiger partial charge on any atom is 0.159 e. The highest BCUT2D eigenvalue weighted by molar-refractivity contribution is 5.00. The van der Waals surface area contributed by atoms with E-state index in [4.69, 9.17) is 4.74 Å². The SMILES string of the molecule is O[C@@H]1[C@H](O)[C@H](O)CO[C@H]1c1ncccn1. The molecule has 0 aliphatic carbocycles. The summed E-state index contributed by atoms with van der Waals surface area (Å²) < 4.78 is 5.17. The summed E-state index contributed by atoms with van der Waals surface area (Å²) in [5, 5.41) is 28.3. The lowest BCUT2D eigenvalue weighted by Gasteiger charge is -2.34. The quantitative estimate of drug-likeness (QED) is 0.531. The van der Waals surface area contributed by atoms with Crippen LogP contribution in [0, 0.1) is 0 Å². The molecule has 2 heterocycles. The molecule has 0 radical (unpaired) electrons. The molecule has 1 aliphatic rings. The molecule has 0 bridgehead atoms. The Hall–Kier alpha value is -1.08. The molecule has 1 fully saturated rings. The lowest BCUT2D eigenvalue weighted by atomic mass is 10.00. The highest BCUT2D eigenvalue weighted by Gasteiger charge is 2.39. The van der Waals surface area contributed by atoms with Crippen LogP contribution in [0.4, 0.5) is 0 Å². The summed E-state index contributed by atoms with van der Waals surface area (Å²) in [6, 6.07) is 1.64. The molecule has 0 spiro atoms. The Morgan fingerprint density at radius 3 is 2.47 bits per heavy atom. The molecular formula is C9H12N2O4. The van der Waals surface area contributed by atoms with E-state index in [1.165, 1.54) is 12.4 Å². The van der Waals surface area contributed by atoms with Crippen LogP contribution in [0.15, 0.2) is 18.5 Å². The molecule has 0 unspecified atom stereocenters. The van der Waals surface area contributed by atoms with Crippen LogP contribution in [0.25, 0.3) is 0 Å². The van der Waals surface area contributed by atoms with E-state index in [2.05, 4.69) is 9.97 Å². The lowest BCUT2D eigenvalue weighted by Crippen LogP contribution is -2.49. The number of aromatic nitrogens is 2. The Kier molecular flexibility index (Phi) is 2.92. The van der Waals surface area contributed by atoms with E-state index in [1.54, 1.807) is 6.07 Å². The molecule has 2 rings (SSSR count). The standard InChI is InChI=1S/C9H12N2O4/c12-5-4-15-8(7(14)6(5)13)9-10-2-1-3-11-9/h1-3,5-8,12-14H,4H2/t5-,6-,7-,8-/m1/s1. The molecule has 1 saturated heterocycles. The van der Waals surface area contributed by atoms with Gasteiger partial charge in [-0.2, -0.15) is 0 Å². The third kappa shape index (κ3) is 1.98. The molecule has 15 heavy (non-hydrogen) atoms. The Morgan fingerprint density at radius 2 is 1.80 bits per heavy atom. The van der Waals surface area contributed by atoms with Gasteiger partial charge in [-0.1, -0.05) is 0 Å². The number of ether oxygens (including phenoxy) is 1. The predicted molar refractivity (Wildman–Crippen MR) is 48.7 cm³/mol. The largest absolute Gasteiger partial charge is 0.388 e. The van der Waals surface area contributed by atoms with Crippen LogP contribution in [-0.2, 0) is 4.74 Å². The van der Waals surface area contributed by atoms with Gasteiger partial charge in [-0.15, -0.1) is 0 Å². The number of hydrogen-bond acceptors (Lipinski definition) is 6. The molecule has 1 aromatic heterocycles. The summed E-state index contributed by atoms with van der Waals surface area (Å²) in [4.78, 5) is 7.85. The molecule has 0 amide bonds. The van der Waals surface area contributed by atoms with Crippen LogP contribution >= 0.6 is 0 Å². The van der Waals surface area contributed by atoms with Crippen LogP contribution < -0.4 is 0 Å². The number of nitrogens with zero attached hydrogens (tertiary/aromatic N) is 2. The topological polar surface area (TPSA) is 95.7 Å². The van der Waals surface area contributed by atoms with Crippen molar-refractivity contribution in [1.29, 1.82) is 0 Å². The third-order valence-corrected chi connectivity index (χ3v) is 2.34. The van der Waals surface area contributed by atoms with Crippen LogP contribution in [0.5, 0.6) is 0 Å².